The Morgan fingerprint density at radius 3 is 2.88 bits per heavy atom. The second-order valence-corrected chi connectivity index (χ2v) is 5.13. The molecule has 0 unspecified atom stereocenters. The van der Waals surface area contributed by atoms with Gasteiger partial charge in [0.15, 0.2) is 0 Å². The van der Waals surface area contributed by atoms with E-state index in [-0.39, 0.29) is 0 Å². The Morgan fingerprint density at radius 2 is 2.12 bits per heavy atom. The van der Waals surface area contributed by atoms with Crippen LogP contribution in [0.25, 0.3) is 5.69 Å². The van der Waals surface area contributed by atoms with Gasteiger partial charge in [-0.3, -0.25) is 4.57 Å². The van der Waals surface area contributed by atoms with Crippen LogP contribution in [0.1, 0.15) is 17.2 Å². The number of halogens is 1. The summed E-state index contributed by atoms with van der Waals surface area (Å²) in [5, 5.41) is 11.6. The zero-order valence-electron chi connectivity index (χ0n) is 9.79. The fourth-order valence-corrected chi connectivity index (χ4v) is 2.91. The smallest absolute Gasteiger partial charge is 0.138 e. The summed E-state index contributed by atoms with van der Waals surface area (Å²) >= 11 is 3.55. The van der Waals surface area contributed by atoms with Crippen LogP contribution in [0.5, 0.6) is 0 Å². The van der Waals surface area contributed by atoms with E-state index < -0.39 is 0 Å². The van der Waals surface area contributed by atoms with Gasteiger partial charge in [-0.1, -0.05) is 15.9 Å². The maximum Gasteiger partial charge on any atom is 0.138 e. The highest BCUT2D eigenvalue weighted by Gasteiger charge is 2.22. The van der Waals surface area contributed by atoms with Crippen LogP contribution >= 0.6 is 15.9 Å². The number of benzene rings is 1. The standard InChI is InChI=1S/C12H13BrN4/c1-7-15-16-11-4-3-8-5-9(13)6-10(14-2)12(8)17(7)11/h5-6,14H,3-4H2,1-2H3. The SMILES string of the molecule is CNc1cc(Br)cc2c1-n1c(C)nnc1CC2. The zero-order valence-corrected chi connectivity index (χ0v) is 11.4. The number of nitrogens with zero attached hydrogens (tertiary/aromatic N) is 3. The van der Waals surface area contributed by atoms with E-state index in [2.05, 4.69) is 48.1 Å². The van der Waals surface area contributed by atoms with Crippen LogP contribution in [0, 0.1) is 6.92 Å². The molecule has 2 heterocycles. The third-order valence-corrected chi connectivity index (χ3v) is 3.61. The van der Waals surface area contributed by atoms with Crippen LogP contribution in [0.4, 0.5) is 5.69 Å². The van der Waals surface area contributed by atoms with Crippen molar-refractivity contribution in [2.75, 3.05) is 12.4 Å². The van der Waals surface area contributed by atoms with Crippen LogP contribution in [-0.4, -0.2) is 21.8 Å². The molecular weight excluding hydrogens is 280 g/mol. The fraction of sp³-hybridized carbons (Fsp3) is 0.333. The summed E-state index contributed by atoms with van der Waals surface area (Å²) in [6.07, 6.45) is 1.97. The number of anilines is 1. The van der Waals surface area contributed by atoms with Crippen molar-refractivity contribution in [1.29, 1.82) is 0 Å². The number of nitrogens with one attached hydrogen (secondary N) is 1. The predicted octanol–water partition coefficient (Wildman–Crippen LogP) is 2.48. The van der Waals surface area contributed by atoms with Gasteiger partial charge in [0.05, 0.1) is 11.4 Å². The molecule has 2 aromatic rings. The number of hydrogen-bond acceptors (Lipinski definition) is 3. The molecule has 17 heavy (non-hydrogen) atoms. The van der Waals surface area contributed by atoms with Crippen LogP contribution in [0.2, 0.25) is 0 Å². The molecule has 1 N–H and O–H groups in total. The van der Waals surface area contributed by atoms with Gasteiger partial charge in [-0.15, -0.1) is 10.2 Å². The average Bonchev–Trinajstić information content (AvgIpc) is 2.70. The summed E-state index contributed by atoms with van der Waals surface area (Å²) in [7, 11) is 1.94. The minimum Gasteiger partial charge on any atom is -0.386 e. The highest BCUT2D eigenvalue weighted by Crippen LogP contribution is 2.34. The first kappa shape index (κ1) is 10.8. The Labute approximate surface area is 108 Å². The van der Waals surface area contributed by atoms with E-state index in [9.17, 15) is 0 Å². The Hall–Kier alpha value is -1.36. The van der Waals surface area contributed by atoms with Gasteiger partial charge in [-0.2, -0.15) is 0 Å². The second-order valence-electron chi connectivity index (χ2n) is 4.21. The van der Waals surface area contributed by atoms with Gasteiger partial charge in [0.1, 0.15) is 11.6 Å². The van der Waals surface area contributed by atoms with Gasteiger partial charge in [-0.25, -0.2) is 0 Å². The average molecular weight is 293 g/mol. The third kappa shape index (κ3) is 1.57. The van der Waals surface area contributed by atoms with Crippen molar-refractivity contribution in [2.45, 2.75) is 19.8 Å². The van der Waals surface area contributed by atoms with Gasteiger partial charge in [-0.05, 0) is 31.0 Å². The molecule has 0 aliphatic carbocycles. The Bertz CT molecular complexity index is 571. The van der Waals surface area contributed by atoms with Crippen molar-refractivity contribution in [3.05, 3.63) is 33.8 Å². The predicted molar refractivity (Wildman–Crippen MR) is 70.8 cm³/mol. The van der Waals surface area contributed by atoms with Gasteiger partial charge in [0, 0.05) is 17.9 Å². The van der Waals surface area contributed by atoms with Crippen molar-refractivity contribution in [3.8, 4) is 5.69 Å². The van der Waals surface area contributed by atoms with E-state index >= 15 is 0 Å². The summed E-state index contributed by atoms with van der Waals surface area (Å²) in [4.78, 5) is 0. The number of aromatic nitrogens is 3. The first-order valence-electron chi connectivity index (χ1n) is 5.62. The summed E-state index contributed by atoms with van der Waals surface area (Å²) < 4.78 is 3.26. The molecule has 5 heteroatoms. The quantitative estimate of drug-likeness (QED) is 0.878. The van der Waals surface area contributed by atoms with Gasteiger partial charge < -0.3 is 5.32 Å². The highest BCUT2D eigenvalue weighted by atomic mass is 79.9. The molecule has 0 atom stereocenters. The Balaban J connectivity index is 2.33. The van der Waals surface area contributed by atoms with Crippen molar-refractivity contribution < 1.29 is 0 Å². The molecule has 0 saturated heterocycles. The summed E-state index contributed by atoms with van der Waals surface area (Å²) in [5.74, 6) is 1.99. The van der Waals surface area contributed by atoms with Crippen LogP contribution in [0.3, 0.4) is 0 Å². The molecule has 0 amide bonds. The molecular formula is C12H13BrN4. The fourth-order valence-electron chi connectivity index (χ4n) is 2.41. The molecule has 1 aromatic carbocycles. The molecule has 0 spiro atoms. The minimum absolute atomic E-state index is 0.944. The first-order chi connectivity index (χ1) is 8.20. The number of aryl methyl sites for hydroxylation is 3. The van der Waals surface area contributed by atoms with E-state index in [1.807, 2.05) is 14.0 Å². The van der Waals surface area contributed by atoms with Crippen LogP contribution < -0.4 is 5.32 Å². The molecule has 0 bridgehead atoms. The van der Waals surface area contributed by atoms with E-state index in [4.69, 9.17) is 0 Å². The molecule has 0 fully saturated rings. The maximum atomic E-state index is 4.23. The Kier molecular flexibility index (Phi) is 2.43. The molecule has 4 nitrogen and oxygen atoms in total. The van der Waals surface area contributed by atoms with Gasteiger partial charge >= 0.3 is 0 Å². The molecule has 88 valence electrons. The lowest BCUT2D eigenvalue weighted by Crippen LogP contribution is -2.15. The first-order valence-corrected chi connectivity index (χ1v) is 6.41. The molecule has 0 saturated carbocycles. The summed E-state index contributed by atoms with van der Waals surface area (Å²) in [5.41, 5.74) is 3.64. The summed E-state index contributed by atoms with van der Waals surface area (Å²) in [6.45, 7) is 1.99. The normalized spacial score (nSPS) is 13.1. The van der Waals surface area contributed by atoms with Gasteiger partial charge in [0.25, 0.3) is 0 Å². The van der Waals surface area contributed by atoms with Crippen molar-refractivity contribution in [3.63, 3.8) is 0 Å². The zero-order chi connectivity index (χ0) is 12.0. The summed E-state index contributed by atoms with van der Waals surface area (Å²) in [6, 6.07) is 4.27. The molecule has 0 radical (unpaired) electrons. The highest BCUT2D eigenvalue weighted by molar-refractivity contribution is 9.10. The second kappa shape index (κ2) is 3.84. The monoisotopic (exact) mass is 292 g/mol. The number of fused-ring (bicyclic) bond motifs is 3. The van der Waals surface area contributed by atoms with Crippen LogP contribution in [0.15, 0.2) is 16.6 Å². The van der Waals surface area contributed by atoms with E-state index in [1.165, 1.54) is 11.3 Å². The van der Waals surface area contributed by atoms with Crippen molar-refractivity contribution in [1.82, 2.24) is 14.8 Å². The van der Waals surface area contributed by atoms with Gasteiger partial charge in [0.2, 0.25) is 0 Å². The largest absolute Gasteiger partial charge is 0.386 e. The van der Waals surface area contributed by atoms with Crippen molar-refractivity contribution >= 4 is 21.6 Å². The lowest BCUT2D eigenvalue weighted by Gasteiger charge is -2.22. The molecule has 1 aromatic heterocycles. The van der Waals surface area contributed by atoms with E-state index in [1.54, 1.807) is 0 Å². The minimum atomic E-state index is 0.944. The topological polar surface area (TPSA) is 42.7 Å². The number of rotatable bonds is 1. The van der Waals surface area contributed by atoms with E-state index in [0.29, 0.717) is 0 Å². The lowest BCUT2D eigenvalue weighted by molar-refractivity contribution is 0.767. The number of hydrogen-bond donors (Lipinski definition) is 1. The lowest BCUT2D eigenvalue weighted by atomic mass is 10.0. The molecule has 1 aliphatic rings. The maximum absolute atomic E-state index is 4.23. The Morgan fingerprint density at radius 1 is 1.29 bits per heavy atom. The molecule has 1 aliphatic heterocycles. The van der Waals surface area contributed by atoms with Crippen molar-refractivity contribution in [2.24, 2.45) is 0 Å². The third-order valence-electron chi connectivity index (χ3n) is 3.16. The molecule has 3 rings (SSSR count). The van der Waals surface area contributed by atoms with Crippen LogP contribution in [-0.2, 0) is 12.8 Å². The van der Waals surface area contributed by atoms with E-state index in [0.717, 1.165) is 34.7 Å².